The van der Waals surface area contributed by atoms with Gasteiger partial charge < -0.3 is 24.6 Å². The molecule has 0 spiro atoms. The minimum atomic E-state index is -4.44. The van der Waals surface area contributed by atoms with Crippen molar-refractivity contribution in [2.24, 2.45) is 5.92 Å². The summed E-state index contributed by atoms with van der Waals surface area (Å²) < 4.78 is 50.3. The molecule has 0 bridgehead atoms. The second kappa shape index (κ2) is 10.5. The van der Waals surface area contributed by atoms with Crippen molar-refractivity contribution in [1.82, 2.24) is 15.1 Å². The third-order valence-electron chi connectivity index (χ3n) is 6.79. The van der Waals surface area contributed by atoms with Crippen molar-refractivity contribution in [2.45, 2.75) is 18.6 Å². The molecular formula is C23H31F3N4O4. The van der Waals surface area contributed by atoms with Crippen LogP contribution < -0.4 is 10.2 Å². The van der Waals surface area contributed by atoms with Crippen LogP contribution in [0.25, 0.3) is 0 Å². The van der Waals surface area contributed by atoms with Crippen molar-refractivity contribution in [3.63, 3.8) is 0 Å². The van der Waals surface area contributed by atoms with Gasteiger partial charge in [0.2, 0.25) is 11.8 Å². The summed E-state index contributed by atoms with van der Waals surface area (Å²) >= 11 is 0. The molecule has 1 aromatic rings. The predicted octanol–water partition coefficient (Wildman–Crippen LogP) is 0.990. The van der Waals surface area contributed by atoms with Crippen molar-refractivity contribution in [2.75, 3.05) is 77.6 Å². The Morgan fingerprint density at radius 3 is 2.65 bits per heavy atom. The highest BCUT2D eigenvalue weighted by Gasteiger charge is 2.43. The van der Waals surface area contributed by atoms with Gasteiger partial charge in [0.25, 0.3) is 0 Å². The van der Waals surface area contributed by atoms with Crippen LogP contribution >= 0.6 is 0 Å². The third-order valence-corrected chi connectivity index (χ3v) is 6.79. The van der Waals surface area contributed by atoms with Crippen molar-refractivity contribution < 1.29 is 32.2 Å². The second-order valence-corrected chi connectivity index (χ2v) is 8.92. The minimum absolute atomic E-state index is 0.0314. The molecule has 0 aliphatic carbocycles. The van der Waals surface area contributed by atoms with Gasteiger partial charge in [-0.05, 0) is 30.2 Å². The van der Waals surface area contributed by atoms with Gasteiger partial charge in [0.05, 0.1) is 43.9 Å². The van der Waals surface area contributed by atoms with Crippen LogP contribution in [-0.2, 0) is 31.7 Å². The predicted molar refractivity (Wildman–Crippen MR) is 118 cm³/mol. The topological polar surface area (TPSA) is 74.4 Å². The van der Waals surface area contributed by atoms with Crippen LogP contribution in [0.3, 0.4) is 0 Å². The van der Waals surface area contributed by atoms with Crippen LogP contribution in [-0.4, -0.2) is 100 Å². The maximum absolute atomic E-state index is 13.3. The lowest BCUT2D eigenvalue weighted by molar-refractivity contribution is -0.138. The Morgan fingerprint density at radius 1 is 1.18 bits per heavy atom. The average molecular weight is 485 g/mol. The molecule has 0 radical (unpaired) electrons. The zero-order valence-corrected chi connectivity index (χ0v) is 19.3. The van der Waals surface area contributed by atoms with Crippen molar-refractivity contribution in [3.8, 4) is 0 Å². The van der Waals surface area contributed by atoms with Gasteiger partial charge in [-0.15, -0.1) is 0 Å². The minimum Gasteiger partial charge on any atom is -0.383 e. The number of rotatable bonds is 6. The van der Waals surface area contributed by atoms with Crippen LogP contribution in [0, 0.1) is 5.92 Å². The number of hydrogen-bond acceptors (Lipinski definition) is 6. The maximum atomic E-state index is 13.3. The zero-order valence-electron chi connectivity index (χ0n) is 19.3. The number of amides is 2. The summed E-state index contributed by atoms with van der Waals surface area (Å²) in [4.78, 5) is 31.7. The molecule has 3 aliphatic heterocycles. The number of fused-ring (bicyclic) bond motifs is 3. The second-order valence-electron chi connectivity index (χ2n) is 8.92. The highest BCUT2D eigenvalue weighted by Crippen LogP contribution is 2.39. The van der Waals surface area contributed by atoms with Crippen LogP contribution in [0.2, 0.25) is 0 Å². The molecule has 3 heterocycles. The number of methoxy groups -OCH3 is 1. The number of benzene rings is 1. The van der Waals surface area contributed by atoms with Gasteiger partial charge in [0.1, 0.15) is 0 Å². The quantitative estimate of drug-likeness (QED) is 0.608. The van der Waals surface area contributed by atoms with Gasteiger partial charge in [-0.1, -0.05) is 0 Å². The lowest BCUT2D eigenvalue weighted by Gasteiger charge is -2.49. The van der Waals surface area contributed by atoms with Crippen molar-refractivity contribution >= 4 is 17.5 Å². The van der Waals surface area contributed by atoms with E-state index in [1.54, 1.807) is 4.90 Å². The summed E-state index contributed by atoms with van der Waals surface area (Å²) in [5.74, 6) is -0.713. The first-order valence-corrected chi connectivity index (χ1v) is 11.6. The summed E-state index contributed by atoms with van der Waals surface area (Å²) in [6.07, 6.45) is -4.23. The number of alkyl halides is 3. The number of carbonyl (C=O) groups excluding carboxylic acids is 2. The van der Waals surface area contributed by atoms with Gasteiger partial charge >= 0.3 is 6.18 Å². The fourth-order valence-corrected chi connectivity index (χ4v) is 5.01. The van der Waals surface area contributed by atoms with Crippen LogP contribution in [0.4, 0.5) is 18.9 Å². The molecule has 1 N–H and O–H groups in total. The van der Waals surface area contributed by atoms with Gasteiger partial charge in [0.15, 0.2) is 0 Å². The number of carbonyl (C=O) groups is 2. The number of ether oxygens (including phenoxy) is 2. The fourth-order valence-electron chi connectivity index (χ4n) is 5.01. The number of halogens is 3. The number of nitrogens with one attached hydrogen (secondary N) is 1. The monoisotopic (exact) mass is 484 g/mol. The first-order valence-electron chi connectivity index (χ1n) is 11.6. The zero-order chi connectivity index (χ0) is 24.3. The van der Waals surface area contributed by atoms with E-state index in [1.807, 2.05) is 9.80 Å². The van der Waals surface area contributed by atoms with Crippen molar-refractivity contribution in [3.05, 3.63) is 29.3 Å². The lowest BCUT2D eigenvalue weighted by atomic mass is 9.82. The Morgan fingerprint density at radius 2 is 1.94 bits per heavy atom. The molecule has 1 aromatic carbocycles. The van der Waals surface area contributed by atoms with Crippen molar-refractivity contribution in [1.29, 1.82) is 0 Å². The third kappa shape index (κ3) is 5.47. The largest absolute Gasteiger partial charge is 0.416 e. The van der Waals surface area contributed by atoms with E-state index < -0.39 is 17.7 Å². The smallest absolute Gasteiger partial charge is 0.383 e. The Labute approximate surface area is 196 Å². The standard InChI is InChI=1S/C23H31F3N4O4/c1-33-9-4-27-22(32)18-13-16-12-17(23(24,25)26)2-3-19(16)30-6-5-28(14-20(18)30)15-21(31)29-7-10-34-11-8-29/h2-3,12,18,20H,4-11,13-15H2,1H3,(H,27,32)/t18-,20+/m0/s1. The van der Waals surface area contributed by atoms with Crippen LogP contribution in [0.5, 0.6) is 0 Å². The van der Waals surface area contributed by atoms with E-state index in [-0.39, 0.29) is 30.8 Å². The van der Waals surface area contributed by atoms with E-state index in [2.05, 4.69) is 5.32 Å². The molecular weight excluding hydrogens is 453 g/mol. The van der Waals surface area contributed by atoms with E-state index in [0.717, 1.165) is 17.8 Å². The summed E-state index contributed by atoms with van der Waals surface area (Å²) in [5.41, 5.74) is 0.548. The van der Waals surface area contributed by atoms with Gasteiger partial charge in [-0.3, -0.25) is 14.5 Å². The number of hydrogen-bond donors (Lipinski definition) is 1. The van der Waals surface area contributed by atoms with Gasteiger partial charge in [-0.25, -0.2) is 0 Å². The average Bonchev–Trinajstić information content (AvgIpc) is 2.83. The van der Waals surface area contributed by atoms with E-state index in [1.165, 1.54) is 13.2 Å². The molecule has 11 heteroatoms. The summed E-state index contributed by atoms with van der Waals surface area (Å²) in [6, 6.07) is 3.54. The van der Waals surface area contributed by atoms with Gasteiger partial charge in [-0.2, -0.15) is 13.2 Å². The molecule has 0 unspecified atom stereocenters. The Kier molecular flexibility index (Phi) is 7.63. The molecule has 0 saturated carbocycles. The first-order chi connectivity index (χ1) is 16.3. The molecule has 2 atom stereocenters. The molecule has 2 saturated heterocycles. The molecule has 8 nitrogen and oxygen atoms in total. The highest BCUT2D eigenvalue weighted by molar-refractivity contribution is 5.82. The van der Waals surface area contributed by atoms with E-state index in [0.29, 0.717) is 64.7 Å². The van der Waals surface area contributed by atoms with E-state index >= 15 is 0 Å². The summed E-state index contributed by atoms with van der Waals surface area (Å²) in [6.45, 7) is 4.73. The maximum Gasteiger partial charge on any atom is 0.416 e. The molecule has 0 aromatic heterocycles. The SMILES string of the molecule is COCCNC(=O)[C@H]1Cc2cc(C(F)(F)F)ccc2N2CCN(CC(=O)N3CCOCC3)C[C@H]12. The van der Waals surface area contributed by atoms with E-state index in [4.69, 9.17) is 9.47 Å². The molecule has 4 rings (SSSR count). The number of anilines is 1. The molecule has 2 fully saturated rings. The number of nitrogens with zero attached hydrogens (tertiary/aromatic N) is 3. The lowest BCUT2D eigenvalue weighted by Crippen LogP contribution is -2.62. The first kappa shape index (κ1) is 24.7. The number of morpholine rings is 1. The Hall–Kier alpha value is -2.37. The number of piperazine rings is 1. The summed E-state index contributed by atoms with van der Waals surface area (Å²) in [5, 5.41) is 2.85. The van der Waals surface area contributed by atoms with Gasteiger partial charge in [0, 0.05) is 52.1 Å². The highest BCUT2D eigenvalue weighted by atomic mass is 19.4. The normalized spacial score (nSPS) is 23.3. The Balaban J connectivity index is 1.53. The molecule has 34 heavy (non-hydrogen) atoms. The fraction of sp³-hybridized carbons (Fsp3) is 0.652. The molecule has 188 valence electrons. The molecule has 3 aliphatic rings. The van der Waals surface area contributed by atoms with Crippen LogP contribution in [0.15, 0.2) is 18.2 Å². The Bertz CT molecular complexity index is 891. The van der Waals surface area contributed by atoms with E-state index in [9.17, 15) is 22.8 Å². The molecule has 2 amide bonds. The summed E-state index contributed by atoms with van der Waals surface area (Å²) in [7, 11) is 1.54. The van der Waals surface area contributed by atoms with Crippen LogP contribution in [0.1, 0.15) is 11.1 Å².